The lowest BCUT2D eigenvalue weighted by atomic mass is 9.71. The topological polar surface area (TPSA) is 46.9 Å². The van der Waals surface area contributed by atoms with E-state index in [1.807, 2.05) is 11.6 Å². The van der Waals surface area contributed by atoms with E-state index in [2.05, 4.69) is 30.3 Å². The molecular weight excluding hydrogens is 250 g/mol. The van der Waals surface area contributed by atoms with Crippen LogP contribution in [0.25, 0.3) is 0 Å². The van der Waals surface area contributed by atoms with Crippen LogP contribution in [0.2, 0.25) is 0 Å². The summed E-state index contributed by atoms with van der Waals surface area (Å²) >= 11 is 0. The van der Waals surface area contributed by atoms with Crippen LogP contribution in [0, 0.1) is 12.3 Å². The van der Waals surface area contributed by atoms with Gasteiger partial charge >= 0.3 is 0 Å². The second-order valence-corrected chi connectivity index (χ2v) is 5.97. The average molecular weight is 277 g/mol. The van der Waals surface area contributed by atoms with Crippen LogP contribution in [-0.4, -0.2) is 28.7 Å². The summed E-state index contributed by atoms with van der Waals surface area (Å²) in [5, 5.41) is 7.82. The van der Waals surface area contributed by atoms with Crippen molar-refractivity contribution in [3.05, 3.63) is 17.5 Å². The van der Waals surface area contributed by atoms with Gasteiger partial charge in [-0.1, -0.05) is 13.3 Å². The molecule has 0 saturated carbocycles. The van der Waals surface area contributed by atoms with Crippen LogP contribution in [-0.2, 0) is 17.8 Å². The van der Waals surface area contributed by atoms with Gasteiger partial charge in [0.25, 0.3) is 0 Å². The molecule has 20 heavy (non-hydrogen) atoms. The van der Waals surface area contributed by atoms with Gasteiger partial charge in [0, 0.05) is 24.1 Å². The highest BCUT2D eigenvalue weighted by Gasteiger charge is 2.38. The van der Waals surface area contributed by atoms with E-state index in [4.69, 9.17) is 0 Å². The molecule has 1 aromatic rings. The Morgan fingerprint density at radius 1 is 1.40 bits per heavy atom. The van der Waals surface area contributed by atoms with E-state index in [0.717, 1.165) is 56.7 Å². The van der Waals surface area contributed by atoms with Gasteiger partial charge in [-0.3, -0.25) is 9.48 Å². The molecule has 0 radical (unpaired) electrons. The molecule has 0 aliphatic carbocycles. The highest BCUT2D eigenvalue weighted by Crippen LogP contribution is 2.36. The van der Waals surface area contributed by atoms with Crippen LogP contribution in [0.1, 0.15) is 50.9 Å². The zero-order chi connectivity index (χ0) is 14.6. The maximum absolute atomic E-state index is 12.9. The summed E-state index contributed by atoms with van der Waals surface area (Å²) in [6.45, 7) is 9.02. The highest BCUT2D eigenvalue weighted by molar-refractivity contribution is 5.86. The van der Waals surface area contributed by atoms with Crippen LogP contribution < -0.4 is 5.32 Å². The van der Waals surface area contributed by atoms with E-state index in [9.17, 15) is 4.79 Å². The average Bonchev–Trinajstić information content (AvgIpc) is 2.80. The molecule has 1 aromatic heterocycles. The molecule has 0 atom stereocenters. The van der Waals surface area contributed by atoms with Crippen LogP contribution >= 0.6 is 0 Å². The van der Waals surface area contributed by atoms with Crippen molar-refractivity contribution in [1.29, 1.82) is 0 Å². The summed E-state index contributed by atoms with van der Waals surface area (Å²) in [5.41, 5.74) is 1.98. The van der Waals surface area contributed by atoms with Gasteiger partial charge in [0.2, 0.25) is 0 Å². The molecule has 0 amide bonds. The summed E-state index contributed by atoms with van der Waals surface area (Å²) in [6, 6.07) is 2.06. The van der Waals surface area contributed by atoms with Crippen LogP contribution in [0.5, 0.6) is 0 Å². The lowest BCUT2D eigenvalue weighted by Gasteiger charge is -2.36. The van der Waals surface area contributed by atoms with Gasteiger partial charge in [0.1, 0.15) is 5.78 Å². The van der Waals surface area contributed by atoms with Crippen LogP contribution in [0.3, 0.4) is 0 Å². The summed E-state index contributed by atoms with van der Waals surface area (Å²) in [7, 11) is 0. The Kier molecular flexibility index (Phi) is 4.97. The van der Waals surface area contributed by atoms with Gasteiger partial charge in [-0.25, -0.2) is 0 Å². The molecule has 1 fully saturated rings. The summed E-state index contributed by atoms with van der Waals surface area (Å²) in [4.78, 5) is 12.9. The van der Waals surface area contributed by atoms with Gasteiger partial charge in [0.15, 0.2) is 0 Å². The van der Waals surface area contributed by atoms with E-state index in [0.29, 0.717) is 12.2 Å². The van der Waals surface area contributed by atoms with Crippen LogP contribution in [0.4, 0.5) is 0 Å². The van der Waals surface area contributed by atoms with E-state index in [-0.39, 0.29) is 5.41 Å². The monoisotopic (exact) mass is 277 g/mol. The van der Waals surface area contributed by atoms with Gasteiger partial charge in [0.05, 0.1) is 5.69 Å². The zero-order valence-electron chi connectivity index (χ0n) is 13.0. The Balaban J connectivity index is 2.15. The predicted octanol–water partition coefficient (Wildman–Crippen LogP) is 2.49. The second-order valence-electron chi connectivity index (χ2n) is 5.97. The van der Waals surface area contributed by atoms with Crippen molar-refractivity contribution in [2.24, 2.45) is 5.41 Å². The Bertz CT molecular complexity index is 453. The number of nitrogens with one attached hydrogen (secondary N) is 1. The van der Waals surface area contributed by atoms with E-state index >= 15 is 0 Å². The van der Waals surface area contributed by atoms with Crippen LogP contribution in [0.15, 0.2) is 6.07 Å². The van der Waals surface area contributed by atoms with Crippen molar-refractivity contribution in [2.45, 2.75) is 59.4 Å². The van der Waals surface area contributed by atoms with E-state index < -0.39 is 0 Å². The first-order chi connectivity index (χ1) is 9.61. The largest absolute Gasteiger partial charge is 0.317 e. The number of rotatable bonds is 6. The number of carbonyl (C=O) groups excluding carboxylic acids is 1. The lowest BCUT2D eigenvalue weighted by molar-refractivity contribution is -0.130. The third-order valence-electron chi connectivity index (χ3n) is 4.51. The molecule has 4 nitrogen and oxygen atoms in total. The van der Waals surface area contributed by atoms with Gasteiger partial charge in [-0.15, -0.1) is 0 Å². The highest BCUT2D eigenvalue weighted by atomic mass is 16.1. The lowest BCUT2D eigenvalue weighted by Crippen LogP contribution is -2.43. The Morgan fingerprint density at radius 3 is 2.70 bits per heavy atom. The molecule has 1 aliphatic rings. The summed E-state index contributed by atoms with van der Waals surface area (Å²) < 4.78 is 1.97. The second kappa shape index (κ2) is 6.53. The molecule has 0 bridgehead atoms. The standard InChI is InChI=1S/C16H27N3O/c1-4-6-16(7-9-17-10-8-16)15(20)12-14-11-13(3)18-19(14)5-2/h11,17H,4-10,12H2,1-3H3. The number of carbonyl (C=O) groups is 1. The molecule has 1 N–H and O–H groups in total. The van der Waals surface area contributed by atoms with Gasteiger partial charge < -0.3 is 5.32 Å². The van der Waals surface area contributed by atoms with E-state index in [1.165, 1.54) is 0 Å². The molecule has 0 aromatic carbocycles. The first-order valence-electron chi connectivity index (χ1n) is 7.88. The molecule has 1 aliphatic heterocycles. The normalized spacial score (nSPS) is 18.1. The number of nitrogens with zero attached hydrogens (tertiary/aromatic N) is 2. The molecule has 0 spiro atoms. The number of ketones is 1. The molecule has 2 heterocycles. The molecule has 2 rings (SSSR count). The Hall–Kier alpha value is -1.16. The first-order valence-corrected chi connectivity index (χ1v) is 7.88. The van der Waals surface area contributed by atoms with E-state index in [1.54, 1.807) is 0 Å². The SMILES string of the molecule is CCCC1(C(=O)Cc2cc(C)nn2CC)CCNCC1. The van der Waals surface area contributed by atoms with Crippen molar-refractivity contribution in [3.8, 4) is 0 Å². The van der Waals surface area contributed by atoms with Crippen molar-refractivity contribution in [2.75, 3.05) is 13.1 Å². The minimum absolute atomic E-state index is 0.100. The maximum Gasteiger partial charge on any atom is 0.145 e. The minimum atomic E-state index is -0.100. The number of hydrogen-bond donors (Lipinski definition) is 1. The van der Waals surface area contributed by atoms with Crippen molar-refractivity contribution in [3.63, 3.8) is 0 Å². The molecule has 112 valence electrons. The Morgan fingerprint density at radius 2 is 2.10 bits per heavy atom. The molecule has 1 saturated heterocycles. The fourth-order valence-corrected chi connectivity index (χ4v) is 3.42. The van der Waals surface area contributed by atoms with Crippen molar-refractivity contribution in [1.82, 2.24) is 15.1 Å². The van der Waals surface area contributed by atoms with Crippen molar-refractivity contribution >= 4 is 5.78 Å². The maximum atomic E-state index is 12.9. The predicted molar refractivity (Wildman–Crippen MR) is 80.8 cm³/mol. The van der Waals surface area contributed by atoms with Gasteiger partial charge in [-0.05, 0) is 52.3 Å². The number of aryl methyl sites for hydroxylation is 2. The van der Waals surface area contributed by atoms with Gasteiger partial charge in [-0.2, -0.15) is 5.10 Å². The number of Topliss-reactive ketones (excluding diaryl/α,β-unsaturated/α-hetero) is 1. The van der Waals surface area contributed by atoms with Crippen molar-refractivity contribution < 1.29 is 4.79 Å². The third-order valence-corrected chi connectivity index (χ3v) is 4.51. The fraction of sp³-hybridized carbons (Fsp3) is 0.750. The summed E-state index contributed by atoms with van der Waals surface area (Å²) in [6.07, 6.45) is 4.61. The first kappa shape index (κ1) is 15.2. The fourth-order valence-electron chi connectivity index (χ4n) is 3.42. The smallest absolute Gasteiger partial charge is 0.145 e. The number of hydrogen-bond acceptors (Lipinski definition) is 3. The number of piperidine rings is 1. The minimum Gasteiger partial charge on any atom is -0.317 e. The summed E-state index contributed by atoms with van der Waals surface area (Å²) in [5.74, 6) is 0.412. The zero-order valence-corrected chi connectivity index (χ0v) is 13.0. The number of aromatic nitrogens is 2. The third kappa shape index (κ3) is 3.11. The molecule has 4 heteroatoms. The quantitative estimate of drug-likeness (QED) is 0.869. The molecular formula is C16H27N3O. The molecule has 0 unspecified atom stereocenters. The Labute approximate surface area is 121 Å².